The van der Waals surface area contributed by atoms with E-state index in [1.165, 1.54) is 12.1 Å². The number of hydrogen-bond acceptors (Lipinski definition) is 8. The Kier molecular flexibility index (Phi) is 11.7. The third kappa shape index (κ3) is 9.14. The second-order valence-electron chi connectivity index (χ2n) is 10.8. The molecule has 3 N–H and O–H groups in total. The molecule has 8 atom stereocenters. The molecule has 2 heterocycles. The van der Waals surface area contributed by atoms with E-state index in [-0.39, 0.29) is 43.0 Å². The first kappa shape index (κ1) is 31.2. The van der Waals surface area contributed by atoms with Gasteiger partial charge in [-0.25, -0.2) is 0 Å². The van der Waals surface area contributed by atoms with Crippen LogP contribution in [0.2, 0.25) is 0 Å². The van der Waals surface area contributed by atoms with Gasteiger partial charge in [0.15, 0.2) is 12.6 Å². The molecule has 1 aliphatic carbocycles. The highest BCUT2D eigenvalue weighted by Crippen LogP contribution is 2.40. The monoisotopic (exact) mass is 574 g/mol. The van der Waals surface area contributed by atoms with Crippen molar-refractivity contribution in [1.29, 1.82) is 0 Å². The first-order chi connectivity index (χ1) is 19.2. The molecule has 0 spiro atoms. The molecule has 0 amide bonds. The van der Waals surface area contributed by atoms with Gasteiger partial charge >= 0.3 is 6.18 Å². The standard InChI is InChI=1S/C29H41F3O8/c30-29(31,32)19-6-5-7-21(14-19)38-18-22(39-27-8-1-3-12-36-27)10-11-23-24(15-20(34)17-33)25(35)16-26(23)40-28-9-2-4-13-37-28/h5-7,10-11,14,20,22-28,33-35H,1-4,8-9,12-13,15-18H2/t20?,22-,23-,24-,25+,26-,27?,28?/m1/s1. The summed E-state index contributed by atoms with van der Waals surface area (Å²) in [6, 6.07) is 4.69. The summed E-state index contributed by atoms with van der Waals surface area (Å²) in [6.45, 7) is 0.681. The van der Waals surface area contributed by atoms with Crippen LogP contribution in [0.15, 0.2) is 36.4 Å². The minimum absolute atomic E-state index is 0.0614. The number of benzene rings is 1. The maximum absolute atomic E-state index is 13.2. The maximum Gasteiger partial charge on any atom is 0.416 e. The lowest BCUT2D eigenvalue weighted by atomic mass is 9.88. The van der Waals surface area contributed by atoms with Gasteiger partial charge in [0.25, 0.3) is 0 Å². The molecule has 2 aliphatic heterocycles. The third-order valence-corrected chi connectivity index (χ3v) is 7.70. The minimum Gasteiger partial charge on any atom is -0.491 e. The first-order valence-electron chi connectivity index (χ1n) is 14.2. The van der Waals surface area contributed by atoms with Crippen LogP contribution in [0.4, 0.5) is 13.2 Å². The fourth-order valence-electron chi connectivity index (χ4n) is 5.58. The predicted molar refractivity (Wildman–Crippen MR) is 138 cm³/mol. The summed E-state index contributed by atoms with van der Waals surface area (Å²) in [5, 5.41) is 30.4. The lowest BCUT2D eigenvalue weighted by Gasteiger charge is -2.30. The molecule has 3 unspecified atom stereocenters. The fraction of sp³-hybridized carbons (Fsp3) is 0.724. The van der Waals surface area contributed by atoms with Gasteiger partial charge in [0.1, 0.15) is 18.5 Å². The van der Waals surface area contributed by atoms with E-state index in [1.54, 1.807) is 6.08 Å². The Morgan fingerprint density at radius 1 is 1.05 bits per heavy atom. The Labute approximate surface area is 233 Å². The van der Waals surface area contributed by atoms with Crippen molar-refractivity contribution in [2.24, 2.45) is 11.8 Å². The van der Waals surface area contributed by atoms with Crippen LogP contribution in [-0.2, 0) is 25.1 Å². The molecule has 4 rings (SSSR count). The Hall–Kier alpha value is -1.73. The van der Waals surface area contributed by atoms with Crippen molar-refractivity contribution in [3.05, 3.63) is 42.0 Å². The van der Waals surface area contributed by atoms with E-state index >= 15 is 0 Å². The van der Waals surface area contributed by atoms with E-state index in [2.05, 4.69) is 0 Å². The van der Waals surface area contributed by atoms with Gasteiger partial charge < -0.3 is 39.0 Å². The Morgan fingerprint density at radius 3 is 2.42 bits per heavy atom. The average molecular weight is 575 g/mol. The molecule has 1 saturated carbocycles. The SMILES string of the molecule is OCC(O)C[C@@H]1[C@@H](C=C[C@H](COc2cccc(C(F)(F)F)c2)OC2CCCCO2)[C@H](OC2CCCCO2)C[C@@H]1O. The number of aliphatic hydroxyl groups is 3. The molecule has 8 nitrogen and oxygen atoms in total. The summed E-state index contributed by atoms with van der Waals surface area (Å²) in [4.78, 5) is 0. The van der Waals surface area contributed by atoms with Gasteiger partial charge in [-0.05, 0) is 69.1 Å². The molecule has 2 saturated heterocycles. The summed E-state index contributed by atoms with van der Waals surface area (Å²) in [7, 11) is 0. The smallest absolute Gasteiger partial charge is 0.416 e. The minimum atomic E-state index is -4.49. The van der Waals surface area contributed by atoms with Crippen LogP contribution in [-0.4, -0.2) is 78.7 Å². The molecule has 1 aromatic rings. The Bertz CT molecular complexity index is 917. The average Bonchev–Trinajstić information content (AvgIpc) is 3.23. The zero-order valence-electron chi connectivity index (χ0n) is 22.6. The van der Waals surface area contributed by atoms with Gasteiger partial charge in [-0.2, -0.15) is 13.2 Å². The molecule has 40 heavy (non-hydrogen) atoms. The summed E-state index contributed by atoms with van der Waals surface area (Å²) in [5.74, 6) is -0.645. The molecule has 0 radical (unpaired) electrons. The Balaban J connectivity index is 1.50. The second-order valence-corrected chi connectivity index (χ2v) is 10.8. The van der Waals surface area contributed by atoms with E-state index in [4.69, 9.17) is 23.7 Å². The lowest BCUT2D eigenvalue weighted by molar-refractivity contribution is -0.193. The van der Waals surface area contributed by atoms with Gasteiger partial charge in [0, 0.05) is 25.6 Å². The largest absolute Gasteiger partial charge is 0.491 e. The van der Waals surface area contributed by atoms with E-state index in [0.29, 0.717) is 26.1 Å². The van der Waals surface area contributed by atoms with Gasteiger partial charge in [-0.3, -0.25) is 0 Å². The molecular weight excluding hydrogens is 533 g/mol. The Morgan fingerprint density at radius 2 is 1.77 bits per heavy atom. The van der Waals surface area contributed by atoms with Crippen molar-refractivity contribution in [2.45, 2.75) is 94.5 Å². The molecule has 226 valence electrons. The van der Waals surface area contributed by atoms with E-state index < -0.39 is 42.9 Å². The summed E-state index contributed by atoms with van der Waals surface area (Å²) < 4.78 is 69.1. The third-order valence-electron chi connectivity index (χ3n) is 7.70. The number of rotatable bonds is 12. The van der Waals surface area contributed by atoms with Crippen LogP contribution in [0.5, 0.6) is 5.75 Å². The summed E-state index contributed by atoms with van der Waals surface area (Å²) >= 11 is 0. The number of halogens is 3. The normalized spacial score (nSPS) is 31.4. The van der Waals surface area contributed by atoms with Crippen molar-refractivity contribution in [1.82, 2.24) is 0 Å². The van der Waals surface area contributed by atoms with Crippen molar-refractivity contribution in [3.63, 3.8) is 0 Å². The highest BCUT2D eigenvalue weighted by Gasteiger charge is 2.44. The highest BCUT2D eigenvalue weighted by atomic mass is 19.4. The molecule has 0 bridgehead atoms. The van der Waals surface area contributed by atoms with Crippen molar-refractivity contribution >= 4 is 0 Å². The molecular formula is C29H41F3O8. The van der Waals surface area contributed by atoms with Crippen molar-refractivity contribution < 1.29 is 52.2 Å². The van der Waals surface area contributed by atoms with Crippen LogP contribution < -0.4 is 4.74 Å². The number of alkyl halides is 3. The zero-order valence-corrected chi connectivity index (χ0v) is 22.6. The number of aliphatic hydroxyl groups excluding tert-OH is 3. The highest BCUT2D eigenvalue weighted by molar-refractivity contribution is 5.30. The number of hydrogen-bond donors (Lipinski definition) is 3. The van der Waals surface area contributed by atoms with Gasteiger partial charge in [-0.1, -0.05) is 18.2 Å². The van der Waals surface area contributed by atoms with Crippen molar-refractivity contribution in [2.75, 3.05) is 26.4 Å². The van der Waals surface area contributed by atoms with Crippen molar-refractivity contribution in [3.8, 4) is 5.75 Å². The van der Waals surface area contributed by atoms with E-state index in [0.717, 1.165) is 44.2 Å². The quantitative estimate of drug-likeness (QED) is 0.319. The summed E-state index contributed by atoms with van der Waals surface area (Å²) in [6.07, 6.45) is 1.26. The van der Waals surface area contributed by atoms with Gasteiger partial charge in [0.05, 0.1) is 30.5 Å². The van der Waals surface area contributed by atoms with Gasteiger partial charge in [-0.15, -0.1) is 0 Å². The van der Waals surface area contributed by atoms with Gasteiger partial charge in [0.2, 0.25) is 0 Å². The first-order valence-corrected chi connectivity index (χ1v) is 14.2. The molecule has 11 heteroatoms. The second kappa shape index (κ2) is 14.9. The molecule has 3 aliphatic rings. The van der Waals surface area contributed by atoms with E-state index in [1.807, 2.05) is 6.08 Å². The topological polar surface area (TPSA) is 107 Å². The number of ether oxygens (including phenoxy) is 5. The fourth-order valence-corrected chi connectivity index (χ4v) is 5.58. The summed E-state index contributed by atoms with van der Waals surface area (Å²) in [5.41, 5.74) is -0.802. The molecule has 0 aromatic heterocycles. The van der Waals surface area contributed by atoms with Crippen LogP contribution in [0.1, 0.15) is 56.9 Å². The zero-order chi connectivity index (χ0) is 28.5. The van der Waals surface area contributed by atoms with Crippen LogP contribution in [0.3, 0.4) is 0 Å². The van der Waals surface area contributed by atoms with Crippen LogP contribution in [0, 0.1) is 11.8 Å². The molecule has 3 fully saturated rings. The van der Waals surface area contributed by atoms with Crippen LogP contribution in [0.25, 0.3) is 0 Å². The van der Waals surface area contributed by atoms with E-state index in [9.17, 15) is 28.5 Å². The lowest BCUT2D eigenvalue weighted by Crippen LogP contribution is -2.33. The van der Waals surface area contributed by atoms with Crippen LogP contribution >= 0.6 is 0 Å². The predicted octanol–water partition coefficient (Wildman–Crippen LogP) is 4.20. The maximum atomic E-state index is 13.2. The molecule has 1 aromatic carbocycles.